The van der Waals surface area contributed by atoms with Crippen molar-refractivity contribution in [1.29, 1.82) is 0 Å². The molecule has 2 aromatic carbocycles. The third-order valence-corrected chi connectivity index (χ3v) is 5.71. The number of carbonyl (C=O) groups is 1. The minimum absolute atomic E-state index is 0.110. The Morgan fingerprint density at radius 3 is 2.14 bits per heavy atom. The standard InChI is InChI=1S/C20H25NO6S/c1-26-18-11-10-17(14-19(18)27-2)28(24,25)21-13-12-16-8-6-15(7-9-16)4-3-5-20(22)23/h6-11,14,21H,3-5,12-13H2,1-2H3,(H,22,23). The van der Waals surface area contributed by atoms with E-state index in [0.29, 0.717) is 30.8 Å². The molecule has 0 radical (unpaired) electrons. The minimum atomic E-state index is -3.66. The first kappa shape index (κ1) is 21.7. The maximum atomic E-state index is 12.5. The highest BCUT2D eigenvalue weighted by Crippen LogP contribution is 2.29. The van der Waals surface area contributed by atoms with Gasteiger partial charge in [0.25, 0.3) is 0 Å². The normalized spacial score (nSPS) is 11.2. The Morgan fingerprint density at radius 1 is 0.964 bits per heavy atom. The number of sulfonamides is 1. The fourth-order valence-corrected chi connectivity index (χ4v) is 3.76. The third-order valence-electron chi connectivity index (χ3n) is 4.25. The molecule has 0 unspecified atom stereocenters. The molecule has 152 valence electrons. The second-order valence-corrected chi connectivity index (χ2v) is 8.00. The molecule has 0 atom stereocenters. The summed E-state index contributed by atoms with van der Waals surface area (Å²) in [7, 11) is -0.718. The Labute approximate surface area is 165 Å². The monoisotopic (exact) mass is 407 g/mol. The van der Waals surface area contributed by atoms with Crippen LogP contribution in [0.2, 0.25) is 0 Å². The largest absolute Gasteiger partial charge is 0.493 e. The average molecular weight is 407 g/mol. The SMILES string of the molecule is COc1ccc(S(=O)(=O)NCCc2ccc(CCCC(=O)O)cc2)cc1OC. The van der Waals surface area contributed by atoms with Gasteiger partial charge < -0.3 is 14.6 Å². The summed E-state index contributed by atoms with van der Waals surface area (Å²) in [6.07, 6.45) is 2.00. The van der Waals surface area contributed by atoms with Crippen molar-refractivity contribution in [2.45, 2.75) is 30.6 Å². The van der Waals surface area contributed by atoms with Crippen molar-refractivity contribution >= 4 is 16.0 Å². The first-order valence-electron chi connectivity index (χ1n) is 8.87. The van der Waals surface area contributed by atoms with E-state index in [1.165, 1.54) is 26.4 Å². The first-order valence-corrected chi connectivity index (χ1v) is 10.4. The molecule has 0 aliphatic carbocycles. The highest BCUT2D eigenvalue weighted by Gasteiger charge is 2.16. The number of carboxylic acid groups (broad SMARTS) is 1. The maximum absolute atomic E-state index is 12.5. The fraction of sp³-hybridized carbons (Fsp3) is 0.350. The number of methoxy groups -OCH3 is 2. The second-order valence-electron chi connectivity index (χ2n) is 6.23. The summed E-state index contributed by atoms with van der Waals surface area (Å²) < 4.78 is 37.8. The molecular weight excluding hydrogens is 382 g/mol. The minimum Gasteiger partial charge on any atom is -0.493 e. The van der Waals surface area contributed by atoms with Crippen molar-refractivity contribution < 1.29 is 27.8 Å². The van der Waals surface area contributed by atoms with Crippen molar-refractivity contribution in [1.82, 2.24) is 4.72 Å². The zero-order chi connectivity index (χ0) is 20.6. The van der Waals surface area contributed by atoms with Gasteiger partial charge in [0.2, 0.25) is 10.0 Å². The van der Waals surface area contributed by atoms with E-state index in [9.17, 15) is 13.2 Å². The van der Waals surface area contributed by atoms with Crippen LogP contribution < -0.4 is 14.2 Å². The average Bonchev–Trinajstić information content (AvgIpc) is 2.68. The summed E-state index contributed by atoms with van der Waals surface area (Å²) >= 11 is 0. The molecule has 7 nitrogen and oxygen atoms in total. The van der Waals surface area contributed by atoms with E-state index in [2.05, 4.69) is 4.72 Å². The third kappa shape index (κ3) is 6.24. The van der Waals surface area contributed by atoms with Crippen LogP contribution in [-0.2, 0) is 27.7 Å². The van der Waals surface area contributed by atoms with Crippen molar-refractivity contribution in [3.05, 3.63) is 53.6 Å². The van der Waals surface area contributed by atoms with Crippen LogP contribution in [0.1, 0.15) is 24.0 Å². The van der Waals surface area contributed by atoms with Crippen LogP contribution in [-0.4, -0.2) is 40.3 Å². The molecule has 0 saturated heterocycles. The Hall–Kier alpha value is -2.58. The predicted molar refractivity (Wildman–Crippen MR) is 105 cm³/mol. The molecule has 8 heteroatoms. The van der Waals surface area contributed by atoms with Crippen LogP contribution in [0.5, 0.6) is 11.5 Å². The van der Waals surface area contributed by atoms with E-state index in [1.54, 1.807) is 6.07 Å². The summed E-state index contributed by atoms with van der Waals surface area (Å²) in [5, 5.41) is 8.67. The van der Waals surface area contributed by atoms with Gasteiger partial charge in [0, 0.05) is 19.0 Å². The van der Waals surface area contributed by atoms with Crippen LogP contribution >= 0.6 is 0 Å². The van der Waals surface area contributed by atoms with Crippen LogP contribution in [0.25, 0.3) is 0 Å². The van der Waals surface area contributed by atoms with Crippen LogP contribution in [0.3, 0.4) is 0 Å². The lowest BCUT2D eigenvalue weighted by molar-refractivity contribution is -0.137. The van der Waals surface area contributed by atoms with Gasteiger partial charge in [-0.3, -0.25) is 4.79 Å². The van der Waals surface area contributed by atoms with Gasteiger partial charge in [-0.05, 0) is 42.5 Å². The highest BCUT2D eigenvalue weighted by molar-refractivity contribution is 7.89. The quantitative estimate of drug-likeness (QED) is 0.594. The molecule has 0 spiro atoms. The van der Waals surface area contributed by atoms with E-state index in [-0.39, 0.29) is 17.9 Å². The lowest BCUT2D eigenvalue weighted by atomic mass is 10.0. The second kappa shape index (κ2) is 10.1. The number of carboxylic acids is 1. The molecule has 0 aliphatic rings. The summed E-state index contributed by atoms with van der Waals surface area (Å²) in [6.45, 7) is 0.259. The summed E-state index contributed by atoms with van der Waals surface area (Å²) in [5.74, 6) is 0.0205. The molecule has 2 aromatic rings. The number of ether oxygens (including phenoxy) is 2. The van der Waals surface area contributed by atoms with Gasteiger partial charge in [0.15, 0.2) is 11.5 Å². The number of benzene rings is 2. The number of hydrogen-bond donors (Lipinski definition) is 2. The number of nitrogens with one attached hydrogen (secondary N) is 1. The van der Waals surface area contributed by atoms with Crippen LogP contribution in [0, 0.1) is 0 Å². The van der Waals surface area contributed by atoms with Gasteiger partial charge >= 0.3 is 5.97 Å². The van der Waals surface area contributed by atoms with Gasteiger partial charge in [-0.15, -0.1) is 0 Å². The highest BCUT2D eigenvalue weighted by atomic mass is 32.2. The fourth-order valence-electron chi connectivity index (χ4n) is 2.71. The predicted octanol–water partition coefficient (Wildman–Crippen LogP) is 2.63. The molecule has 0 fully saturated rings. The molecule has 2 N–H and O–H groups in total. The van der Waals surface area contributed by atoms with Crippen molar-refractivity contribution in [2.75, 3.05) is 20.8 Å². The lowest BCUT2D eigenvalue weighted by Crippen LogP contribution is -2.26. The molecule has 0 amide bonds. The molecule has 0 heterocycles. The molecular formula is C20H25NO6S. The number of aliphatic carboxylic acids is 1. The molecule has 28 heavy (non-hydrogen) atoms. The van der Waals surface area contributed by atoms with E-state index >= 15 is 0 Å². The van der Waals surface area contributed by atoms with E-state index in [1.807, 2.05) is 24.3 Å². The topological polar surface area (TPSA) is 102 Å². The Balaban J connectivity index is 1.90. The van der Waals surface area contributed by atoms with Gasteiger partial charge in [-0.25, -0.2) is 13.1 Å². The summed E-state index contributed by atoms with van der Waals surface area (Å²) in [5.41, 5.74) is 2.06. The molecule has 0 aromatic heterocycles. The van der Waals surface area contributed by atoms with Crippen molar-refractivity contribution in [3.8, 4) is 11.5 Å². The smallest absolute Gasteiger partial charge is 0.303 e. The molecule has 0 bridgehead atoms. The van der Waals surface area contributed by atoms with Gasteiger partial charge in [-0.1, -0.05) is 24.3 Å². The van der Waals surface area contributed by atoms with E-state index in [4.69, 9.17) is 14.6 Å². The van der Waals surface area contributed by atoms with Crippen LogP contribution in [0.4, 0.5) is 0 Å². The van der Waals surface area contributed by atoms with Crippen molar-refractivity contribution in [2.24, 2.45) is 0 Å². The van der Waals surface area contributed by atoms with E-state index < -0.39 is 16.0 Å². The Kier molecular flexibility index (Phi) is 7.83. The first-order chi connectivity index (χ1) is 13.4. The van der Waals surface area contributed by atoms with Gasteiger partial charge in [-0.2, -0.15) is 0 Å². The number of aryl methyl sites for hydroxylation is 1. The Morgan fingerprint density at radius 2 is 1.57 bits per heavy atom. The lowest BCUT2D eigenvalue weighted by Gasteiger charge is -2.11. The van der Waals surface area contributed by atoms with Gasteiger partial charge in [0.05, 0.1) is 19.1 Å². The zero-order valence-electron chi connectivity index (χ0n) is 16.0. The molecule has 0 aliphatic heterocycles. The van der Waals surface area contributed by atoms with Crippen LogP contribution in [0.15, 0.2) is 47.4 Å². The summed E-state index contributed by atoms with van der Waals surface area (Å²) in [4.78, 5) is 10.7. The maximum Gasteiger partial charge on any atom is 0.303 e. The molecule has 2 rings (SSSR count). The molecule has 0 saturated carbocycles. The van der Waals surface area contributed by atoms with E-state index in [0.717, 1.165) is 11.1 Å². The number of rotatable bonds is 11. The zero-order valence-corrected chi connectivity index (χ0v) is 16.8. The Bertz CT molecular complexity index is 893. The van der Waals surface area contributed by atoms with Crippen molar-refractivity contribution in [3.63, 3.8) is 0 Å². The summed E-state index contributed by atoms with van der Waals surface area (Å²) in [6, 6.07) is 12.2. The van der Waals surface area contributed by atoms with Gasteiger partial charge in [0.1, 0.15) is 0 Å². The number of hydrogen-bond acceptors (Lipinski definition) is 5.